The summed E-state index contributed by atoms with van der Waals surface area (Å²) in [4.78, 5) is 53.8. The molecule has 1 heterocycles. The number of fused-ring (bicyclic) bond motifs is 1. The molecule has 3 aromatic carbocycles. The molecule has 0 saturated heterocycles. The van der Waals surface area contributed by atoms with Crippen LogP contribution in [-0.4, -0.2) is 70.0 Å². The number of amides is 3. The predicted octanol–water partition coefficient (Wildman–Crippen LogP) is 2.22. The zero-order valence-corrected chi connectivity index (χ0v) is 25.4. The number of likely N-dealkylation sites (N-methyl/N-ethyl adjacent to an activating group) is 1. The highest BCUT2D eigenvalue weighted by Crippen LogP contribution is 2.22. The molecule has 0 saturated carbocycles. The molecule has 4 aromatic rings. The second-order valence-corrected chi connectivity index (χ2v) is 10.6. The molecule has 4 atom stereocenters. The fraction of sp³-hybridized carbons (Fsp3) is 0.273. The number of benzene rings is 3. The standard InChI is InChI=1S/C33H37N5O5.ClH/c1-22(40)30(34)32(42)35-27(18-25-20-38(21-39)29-16-10-9-15-26(25)29)31(41)36-28(17-23-11-5-3-6-12-23)33(43)37(2)19-24-13-7-4-8-14-24;/h3-16,20-22,27-28,30,40H,17-19,34H2,1-2H3,(H,35,42)(H,36,41);1H/t22?,27-,28+,30?;/m1./s1. The van der Waals surface area contributed by atoms with Gasteiger partial charge < -0.3 is 26.4 Å². The summed E-state index contributed by atoms with van der Waals surface area (Å²) in [6, 6.07) is 22.7. The van der Waals surface area contributed by atoms with E-state index in [-0.39, 0.29) is 31.2 Å². The number of para-hydroxylation sites is 1. The van der Waals surface area contributed by atoms with Crippen LogP contribution in [-0.2, 0) is 38.6 Å². The molecule has 4 rings (SSSR count). The van der Waals surface area contributed by atoms with E-state index in [1.807, 2.05) is 72.8 Å². The molecule has 1 aromatic heterocycles. The molecule has 0 aliphatic rings. The van der Waals surface area contributed by atoms with Gasteiger partial charge in [0.2, 0.25) is 24.1 Å². The highest BCUT2D eigenvalue weighted by molar-refractivity contribution is 5.95. The molecule has 0 radical (unpaired) electrons. The average molecular weight is 620 g/mol. The predicted molar refractivity (Wildman–Crippen MR) is 172 cm³/mol. The Morgan fingerprint density at radius 1 is 0.864 bits per heavy atom. The molecular formula is C33H38ClN5O5. The lowest BCUT2D eigenvalue weighted by Crippen LogP contribution is -2.58. The zero-order valence-electron chi connectivity index (χ0n) is 24.6. The first-order valence-corrected chi connectivity index (χ1v) is 14.1. The van der Waals surface area contributed by atoms with Crippen LogP contribution in [0.1, 0.15) is 23.6 Å². The van der Waals surface area contributed by atoms with Crippen molar-refractivity contribution in [3.05, 3.63) is 108 Å². The van der Waals surface area contributed by atoms with E-state index in [0.29, 0.717) is 24.0 Å². The molecule has 0 spiro atoms. The Kier molecular flexibility index (Phi) is 12.2. The number of nitrogens with two attached hydrogens (primary N) is 1. The first kappa shape index (κ1) is 34.0. The first-order chi connectivity index (χ1) is 20.7. The third-order valence-corrected chi connectivity index (χ3v) is 7.35. The Hall–Kier alpha value is -4.51. The van der Waals surface area contributed by atoms with Gasteiger partial charge in [-0.05, 0) is 29.7 Å². The fourth-order valence-electron chi connectivity index (χ4n) is 4.97. The van der Waals surface area contributed by atoms with Gasteiger partial charge in [0, 0.05) is 38.0 Å². The van der Waals surface area contributed by atoms with Gasteiger partial charge in [0.05, 0.1) is 11.6 Å². The van der Waals surface area contributed by atoms with Crippen molar-refractivity contribution in [2.45, 2.75) is 50.5 Å². The number of halogens is 1. The summed E-state index contributed by atoms with van der Waals surface area (Å²) in [5.74, 6) is -1.62. The molecule has 0 bridgehead atoms. The molecule has 2 unspecified atom stereocenters. The van der Waals surface area contributed by atoms with Crippen LogP contribution in [0.5, 0.6) is 0 Å². The minimum Gasteiger partial charge on any atom is -0.391 e. The van der Waals surface area contributed by atoms with Gasteiger partial charge in [-0.1, -0.05) is 78.9 Å². The Labute approximate surface area is 262 Å². The SMILES string of the molecule is CC(O)C(N)C(=O)N[C@H](Cc1cn(C=O)c2ccccc12)C(=O)N[C@@H](Cc1ccccc1)C(=O)N(C)Cc1ccccc1.Cl. The van der Waals surface area contributed by atoms with E-state index >= 15 is 0 Å². The number of nitrogens with one attached hydrogen (secondary N) is 2. The van der Waals surface area contributed by atoms with Gasteiger partial charge in [-0.2, -0.15) is 0 Å². The topological polar surface area (TPSA) is 147 Å². The van der Waals surface area contributed by atoms with Crippen LogP contribution in [0.25, 0.3) is 10.9 Å². The number of aliphatic hydroxyl groups excluding tert-OH is 1. The highest BCUT2D eigenvalue weighted by Gasteiger charge is 2.31. The number of aliphatic hydroxyl groups is 1. The summed E-state index contributed by atoms with van der Waals surface area (Å²) in [6.45, 7) is 1.73. The van der Waals surface area contributed by atoms with Crippen molar-refractivity contribution in [2.24, 2.45) is 5.73 Å². The third-order valence-electron chi connectivity index (χ3n) is 7.35. The maximum Gasteiger partial charge on any atom is 0.245 e. The van der Waals surface area contributed by atoms with E-state index in [1.54, 1.807) is 30.3 Å². The maximum absolute atomic E-state index is 13.9. The minimum absolute atomic E-state index is 0. The van der Waals surface area contributed by atoms with Gasteiger partial charge in [-0.15, -0.1) is 12.4 Å². The van der Waals surface area contributed by atoms with Crippen LogP contribution in [0.15, 0.2) is 91.1 Å². The van der Waals surface area contributed by atoms with E-state index in [4.69, 9.17) is 5.73 Å². The molecule has 5 N–H and O–H groups in total. The van der Waals surface area contributed by atoms with Crippen LogP contribution in [0.4, 0.5) is 0 Å². The van der Waals surface area contributed by atoms with Crippen LogP contribution < -0.4 is 16.4 Å². The second kappa shape index (κ2) is 15.8. The normalized spacial score (nSPS) is 13.5. The van der Waals surface area contributed by atoms with Crippen molar-refractivity contribution < 1.29 is 24.3 Å². The second-order valence-electron chi connectivity index (χ2n) is 10.6. The lowest BCUT2D eigenvalue weighted by atomic mass is 10.0. The minimum atomic E-state index is -1.27. The van der Waals surface area contributed by atoms with Gasteiger partial charge in [0.25, 0.3) is 0 Å². The molecule has 11 heteroatoms. The number of rotatable bonds is 13. The van der Waals surface area contributed by atoms with Gasteiger partial charge in [0.15, 0.2) is 0 Å². The lowest BCUT2D eigenvalue weighted by molar-refractivity contribution is -0.137. The van der Waals surface area contributed by atoms with E-state index in [9.17, 15) is 24.3 Å². The number of nitrogens with zero attached hydrogens (tertiary/aromatic N) is 2. The van der Waals surface area contributed by atoms with Gasteiger partial charge in [-0.25, -0.2) is 0 Å². The molecule has 0 aliphatic heterocycles. The van der Waals surface area contributed by atoms with Gasteiger partial charge in [-0.3, -0.25) is 23.7 Å². The van der Waals surface area contributed by atoms with Crippen molar-refractivity contribution in [3.8, 4) is 0 Å². The van der Waals surface area contributed by atoms with Crippen molar-refractivity contribution in [1.82, 2.24) is 20.1 Å². The lowest BCUT2D eigenvalue weighted by Gasteiger charge is -2.27. The summed E-state index contributed by atoms with van der Waals surface area (Å²) in [6.07, 6.45) is 1.36. The average Bonchev–Trinajstić information content (AvgIpc) is 3.37. The molecule has 232 valence electrons. The molecule has 0 aliphatic carbocycles. The fourth-order valence-corrected chi connectivity index (χ4v) is 4.97. The summed E-state index contributed by atoms with van der Waals surface area (Å²) >= 11 is 0. The zero-order chi connectivity index (χ0) is 30.9. The molecule has 44 heavy (non-hydrogen) atoms. The summed E-state index contributed by atoms with van der Waals surface area (Å²) < 4.78 is 1.41. The van der Waals surface area contributed by atoms with Crippen LogP contribution in [0.3, 0.4) is 0 Å². The number of hydrogen-bond donors (Lipinski definition) is 4. The summed E-state index contributed by atoms with van der Waals surface area (Å²) in [7, 11) is 1.68. The van der Waals surface area contributed by atoms with E-state index in [1.165, 1.54) is 11.5 Å². The summed E-state index contributed by atoms with van der Waals surface area (Å²) in [5, 5.41) is 16.2. The number of carbonyl (C=O) groups excluding carboxylic acids is 4. The van der Waals surface area contributed by atoms with Crippen LogP contribution >= 0.6 is 12.4 Å². The van der Waals surface area contributed by atoms with Crippen LogP contribution in [0.2, 0.25) is 0 Å². The van der Waals surface area contributed by atoms with Gasteiger partial charge in [0.1, 0.15) is 18.1 Å². The number of aromatic nitrogens is 1. The third kappa shape index (κ3) is 8.53. The van der Waals surface area contributed by atoms with Crippen molar-refractivity contribution in [2.75, 3.05) is 7.05 Å². The molecule has 3 amide bonds. The van der Waals surface area contributed by atoms with E-state index < -0.39 is 36.0 Å². The Balaban J connectivity index is 0.00000529. The van der Waals surface area contributed by atoms with Crippen molar-refractivity contribution in [1.29, 1.82) is 0 Å². The first-order valence-electron chi connectivity index (χ1n) is 14.1. The number of carbonyl (C=O) groups is 4. The molecule has 0 fully saturated rings. The van der Waals surface area contributed by atoms with Crippen molar-refractivity contribution >= 4 is 47.4 Å². The van der Waals surface area contributed by atoms with Crippen LogP contribution in [0, 0.1) is 0 Å². The highest BCUT2D eigenvalue weighted by atomic mass is 35.5. The van der Waals surface area contributed by atoms with E-state index in [0.717, 1.165) is 16.5 Å². The monoisotopic (exact) mass is 619 g/mol. The maximum atomic E-state index is 13.9. The quantitative estimate of drug-likeness (QED) is 0.169. The smallest absolute Gasteiger partial charge is 0.245 e. The largest absolute Gasteiger partial charge is 0.391 e. The molecular weight excluding hydrogens is 582 g/mol. The Bertz CT molecular complexity index is 1560. The Morgan fingerprint density at radius 3 is 2.05 bits per heavy atom. The van der Waals surface area contributed by atoms with E-state index in [2.05, 4.69) is 10.6 Å². The van der Waals surface area contributed by atoms with Gasteiger partial charge >= 0.3 is 0 Å². The molecule has 10 nitrogen and oxygen atoms in total. The summed E-state index contributed by atoms with van der Waals surface area (Å²) in [5.41, 5.74) is 8.95. The number of hydrogen-bond acceptors (Lipinski definition) is 6. The Morgan fingerprint density at radius 2 is 1.43 bits per heavy atom. The van der Waals surface area contributed by atoms with Crippen molar-refractivity contribution in [3.63, 3.8) is 0 Å².